The second-order valence-corrected chi connectivity index (χ2v) is 4.29. The second kappa shape index (κ2) is 4.65. The Hall–Kier alpha value is -2.49. The van der Waals surface area contributed by atoms with E-state index in [0.29, 0.717) is 0 Å². The summed E-state index contributed by atoms with van der Waals surface area (Å²) in [7, 11) is 1.86. The maximum absolute atomic E-state index is 13.0. The van der Waals surface area contributed by atoms with Crippen LogP contribution in [0, 0.1) is 5.82 Å². The molecule has 94 valence electrons. The maximum atomic E-state index is 13.0. The van der Waals surface area contributed by atoms with Gasteiger partial charge in [0.05, 0.1) is 5.69 Å². The zero-order valence-electron chi connectivity index (χ0n) is 10.4. The van der Waals surface area contributed by atoms with Crippen molar-refractivity contribution in [3.05, 3.63) is 60.7 Å². The number of benzene rings is 1. The summed E-state index contributed by atoms with van der Waals surface area (Å²) in [6.45, 7) is 0. The fraction of sp³-hybridized carbons (Fsp3) is 0.0667. The van der Waals surface area contributed by atoms with E-state index in [1.165, 1.54) is 12.1 Å². The van der Waals surface area contributed by atoms with Crippen molar-refractivity contribution in [1.82, 2.24) is 14.8 Å². The molecule has 3 nitrogen and oxygen atoms in total. The Morgan fingerprint density at radius 2 is 1.84 bits per heavy atom. The van der Waals surface area contributed by atoms with E-state index in [1.54, 1.807) is 23.0 Å². The molecule has 4 heteroatoms. The average molecular weight is 253 g/mol. The molecule has 1 aromatic carbocycles. The smallest absolute Gasteiger partial charge is 0.123 e. The van der Waals surface area contributed by atoms with Gasteiger partial charge in [0.25, 0.3) is 0 Å². The highest BCUT2D eigenvalue weighted by molar-refractivity contribution is 5.78. The zero-order chi connectivity index (χ0) is 13.2. The van der Waals surface area contributed by atoms with Crippen molar-refractivity contribution in [3.8, 4) is 22.5 Å². The van der Waals surface area contributed by atoms with Crippen molar-refractivity contribution in [2.75, 3.05) is 0 Å². The summed E-state index contributed by atoms with van der Waals surface area (Å²) in [5.41, 5.74) is 3.48. The summed E-state index contributed by atoms with van der Waals surface area (Å²) in [5.74, 6) is -0.251. The van der Waals surface area contributed by atoms with E-state index in [0.717, 1.165) is 22.5 Å². The molecule has 0 aliphatic carbocycles. The topological polar surface area (TPSA) is 30.7 Å². The van der Waals surface area contributed by atoms with Gasteiger partial charge in [0, 0.05) is 30.6 Å². The molecule has 0 saturated heterocycles. The van der Waals surface area contributed by atoms with Crippen molar-refractivity contribution in [2.45, 2.75) is 0 Å². The number of aryl methyl sites for hydroxylation is 1. The first-order valence-electron chi connectivity index (χ1n) is 5.95. The van der Waals surface area contributed by atoms with Gasteiger partial charge < -0.3 is 0 Å². The number of hydrogen-bond acceptors (Lipinski definition) is 2. The minimum Gasteiger partial charge on any atom is -0.274 e. The fourth-order valence-electron chi connectivity index (χ4n) is 2.02. The molecule has 0 atom stereocenters. The average Bonchev–Trinajstić information content (AvgIpc) is 2.83. The maximum Gasteiger partial charge on any atom is 0.123 e. The van der Waals surface area contributed by atoms with E-state index in [9.17, 15) is 4.39 Å². The van der Waals surface area contributed by atoms with Crippen LogP contribution in [0.5, 0.6) is 0 Å². The summed E-state index contributed by atoms with van der Waals surface area (Å²) in [5, 5.41) is 4.44. The fourth-order valence-corrected chi connectivity index (χ4v) is 2.02. The molecule has 0 fully saturated rings. The molecule has 0 saturated carbocycles. The van der Waals surface area contributed by atoms with Gasteiger partial charge in [-0.3, -0.25) is 9.67 Å². The predicted molar refractivity (Wildman–Crippen MR) is 71.8 cm³/mol. The van der Waals surface area contributed by atoms with Crippen LogP contribution in [-0.4, -0.2) is 14.8 Å². The molecule has 2 heterocycles. The van der Waals surface area contributed by atoms with Crippen LogP contribution in [-0.2, 0) is 7.05 Å². The summed E-state index contributed by atoms with van der Waals surface area (Å²) in [6.07, 6.45) is 3.66. The first-order chi connectivity index (χ1) is 9.24. The summed E-state index contributed by atoms with van der Waals surface area (Å²) in [4.78, 5) is 4.34. The Balaban J connectivity index is 2.15. The zero-order valence-corrected chi connectivity index (χ0v) is 10.4. The summed E-state index contributed by atoms with van der Waals surface area (Å²) in [6, 6.07) is 12.1. The normalized spacial score (nSPS) is 10.6. The van der Waals surface area contributed by atoms with Gasteiger partial charge in [-0.05, 0) is 36.4 Å². The third-order valence-electron chi connectivity index (χ3n) is 2.89. The standard InChI is InChI=1S/C15H12FN3/c1-19-10-13(14-4-2-3-9-17-14)15(18-19)11-5-7-12(16)8-6-11/h2-10H,1H3. The molecular weight excluding hydrogens is 241 g/mol. The van der Waals surface area contributed by atoms with Crippen LogP contribution in [0.1, 0.15) is 0 Å². The lowest BCUT2D eigenvalue weighted by Gasteiger charge is -2.01. The molecule has 0 spiro atoms. The first kappa shape index (κ1) is 11.6. The van der Waals surface area contributed by atoms with E-state index < -0.39 is 0 Å². The van der Waals surface area contributed by atoms with E-state index in [1.807, 2.05) is 31.4 Å². The van der Waals surface area contributed by atoms with E-state index >= 15 is 0 Å². The molecule has 0 amide bonds. The summed E-state index contributed by atoms with van der Waals surface area (Å²) < 4.78 is 14.7. The molecular formula is C15H12FN3. The lowest BCUT2D eigenvalue weighted by atomic mass is 10.1. The van der Waals surface area contributed by atoms with Crippen LogP contribution in [0.15, 0.2) is 54.9 Å². The molecule has 0 aliphatic heterocycles. The lowest BCUT2D eigenvalue weighted by molar-refractivity contribution is 0.628. The Bertz CT molecular complexity index is 687. The van der Waals surface area contributed by atoms with Gasteiger partial charge >= 0.3 is 0 Å². The SMILES string of the molecule is Cn1cc(-c2ccccn2)c(-c2ccc(F)cc2)n1. The van der Waals surface area contributed by atoms with Crippen LogP contribution in [0.2, 0.25) is 0 Å². The van der Waals surface area contributed by atoms with Crippen molar-refractivity contribution in [2.24, 2.45) is 7.05 Å². The molecule has 3 rings (SSSR count). The molecule has 0 aliphatic rings. The highest BCUT2D eigenvalue weighted by atomic mass is 19.1. The van der Waals surface area contributed by atoms with Crippen LogP contribution in [0.25, 0.3) is 22.5 Å². The Morgan fingerprint density at radius 3 is 2.53 bits per heavy atom. The second-order valence-electron chi connectivity index (χ2n) is 4.29. The largest absolute Gasteiger partial charge is 0.274 e. The van der Waals surface area contributed by atoms with Crippen LogP contribution < -0.4 is 0 Å². The van der Waals surface area contributed by atoms with Gasteiger partial charge in [-0.1, -0.05) is 6.07 Å². The Kier molecular flexibility index (Phi) is 2.83. The monoisotopic (exact) mass is 253 g/mol. The van der Waals surface area contributed by atoms with Crippen molar-refractivity contribution in [3.63, 3.8) is 0 Å². The summed E-state index contributed by atoms with van der Waals surface area (Å²) >= 11 is 0. The lowest BCUT2D eigenvalue weighted by Crippen LogP contribution is -1.88. The molecule has 0 unspecified atom stereocenters. The van der Waals surface area contributed by atoms with Gasteiger partial charge in [0.1, 0.15) is 11.5 Å². The third kappa shape index (κ3) is 2.25. The minimum absolute atomic E-state index is 0.251. The number of nitrogens with zero attached hydrogens (tertiary/aromatic N) is 3. The van der Waals surface area contributed by atoms with E-state index in [4.69, 9.17) is 0 Å². The minimum atomic E-state index is -0.251. The van der Waals surface area contributed by atoms with Crippen LogP contribution in [0.3, 0.4) is 0 Å². The van der Waals surface area contributed by atoms with Gasteiger partial charge in [-0.15, -0.1) is 0 Å². The Labute approximate surface area is 110 Å². The molecule has 19 heavy (non-hydrogen) atoms. The number of aromatic nitrogens is 3. The molecule has 0 N–H and O–H groups in total. The highest BCUT2D eigenvalue weighted by Crippen LogP contribution is 2.29. The molecule has 0 radical (unpaired) electrons. The molecule has 2 aromatic heterocycles. The first-order valence-corrected chi connectivity index (χ1v) is 5.95. The number of pyridine rings is 1. The van der Waals surface area contributed by atoms with E-state index in [2.05, 4.69) is 10.1 Å². The van der Waals surface area contributed by atoms with E-state index in [-0.39, 0.29) is 5.82 Å². The number of rotatable bonds is 2. The van der Waals surface area contributed by atoms with Gasteiger partial charge in [-0.25, -0.2) is 4.39 Å². The van der Waals surface area contributed by atoms with Crippen molar-refractivity contribution in [1.29, 1.82) is 0 Å². The van der Waals surface area contributed by atoms with Crippen molar-refractivity contribution >= 4 is 0 Å². The van der Waals surface area contributed by atoms with Crippen molar-refractivity contribution < 1.29 is 4.39 Å². The molecule has 0 bridgehead atoms. The van der Waals surface area contributed by atoms with Gasteiger partial charge in [0.15, 0.2) is 0 Å². The van der Waals surface area contributed by atoms with Crippen LogP contribution in [0.4, 0.5) is 4.39 Å². The number of hydrogen-bond donors (Lipinski definition) is 0. The van der Waals surface area contributed by atoms with Gasteiger partial charge in [0.2, 0.25) is 0 Å². The quantitative estimate of drug-likeness (QED) is 0.701. The van der Waals surface area contributed by atoms with Crippen LogP contribution >= 0.6 is 0 Å². The highest BCUT2D eigenvalue weighted by Gasteiger charge is 2.12. The number of halogens is 1. The van der Waals surface area contributed by atoms with Gasteiger partial charge in [-0.2, -0.15) is 5.10 Å². The predicted octanol–water partition coefficient (Wildman–Crippen LogP) is 3.29. The third-order valence-corrected chi connectivity index (χ3v) is 2.89. The Morgan fingerprint density at radius 1 is 1.05 bits per heavy atom. The molecule has 3 aromatic rings.